The topological polar surface area (TPSA) is 25.4 Å². The summed E-state index contributed by atoms with van der Waals surface area (Å²) in [6.45, 7) is 1.02. The molecular weight excluding hydrogens is 320 g/mol. The fourth-order valence-corrected chi connectivity index (χ4v) is 2.97. The number of pyridine rings is 1. The lowest BCUT2D eigenvalue weighted by Crippen LogP contribution is -2.17. The van der Waals surface area contributed by atoms with Crippen LogP contribution in [0.25, 0.3) is 0 Å². The molecule has 0 bridgehead atoms. The summed E-state index contributed by atoms with van der Waals surface area (Å²) >= 11 is 0. The standard InChI is InChI=1S/C23H38N2O/c1-25(26-2)21-16-14-12-10-8-6-4-3-5-7-9-11-13-15-18-23-19-17-20-24-22-23/h17,19-20,22H,3,5,7-16,18,21H2,1-2H3. The van der Waals surface area contributed by atoms with Crippen LogP contribution in [0.2, 0.25) is 0 Å². The second-order valence-electron chi connectivity index (χ2n) is 7.03. The number of rotatable bonds is 15. The number of hydroxylamine groups is 2. The van der Waals surface area contributed by atoms with Gasteiger partial charge in [0, 0.05) is 38.8 Å². The van der Waals surface area contributed by atoms with Gasteiger partial charge in [-0.1, -0.05) is 44.6 Å². The average Bonchev–Trinajstić information content (AvgIpc) is 2.68. The van der Waals surface area contributed by atoms with E-state index < -0.39 is 0 Å². The lowest BCUT2D eigenvalue weighted by molar-refractivity contribution is -0.109. The second-order valence-corrected chi connectivity index (χ2v) is 7.03. The first kappa shape index (κ1) is 22.7. The maximum Gasteiger partial charge on any atom is 0.0575 e. The van der Waals surface area contributed by atoms with Gasteiger partial charge in [-0.25, -0.2) is 0 Å². The number of hydrogen-bond acceptors (Lipinski definition) is 3. The number of unbranched alkanes of at least 4 members (excludes halogenated alkanes) is 10. The van der Waals surface area contributed by atoms with Crippen LogP contribution in [0.5, 0.6) is 0 Å². The Morgan fingerprint density at radius 3 is 2.12 bits per heavy atom. The molecule has 0 aliphatic heterocycles. The van der Waals surface area contributed by atoms with E-state index in [0.717, 1.165) is 19.4 Å². The molecule has 0 N–H and O–H groups in total. The van der Waals surface area contributed by atoms with Crippen molar-refractivity contribution in [2.24, 2.45) is 0 Å². The highest BCUT2D eigenvalue weighted by Crippen LogP contribution is 2.10. The molecule has 0 aromatic carbocycles. The quantitative estimate of drug-likeness (QED) is 0.225. The van der Waals surface area contributed by atoms with Crippen molar-refractivity contribution >= 4 is 0 Å². The van der Waals surface area contributed by atoms with E-state index in [2.05, 4.69) is 22.9 Å². The Hall–Kier alpha value is -1.37. The molecule has 146 valence electrons. The van der Waals surface area contributed by atoms with Crippen LogP contribution in [0.15, 0.2) is 24.5 Å². The van der Waals surface area contributed by atoms with Crippen molar-refractivity contribution in [2.75, 3.05) is 20.7 Å². The molecule has 26 heavy (non-hydrogen) atoms. The molecule has 1 aromatic heterocycles. The third kappa shape index (κ3) is 13.9. The highest BCUT2D eigenvalue weighted by Gasteiger charge is 1.95. The van der Waals surface area contributed by atoms with Gasteiger partial charge in [-0.2, -0.15) is 5.06 Å². The molecule has 1 rings (SSSR count). The zero-order chi connectivity index (χ0) is 18.7. The number of aryl methyl sites for hydroxylation is 1. The van der Waals surface area contributed by atoms with Crippen molar-refractivity contribution in [3.63, 3.8) is 0 Å². The number of nitrogens with zero attached hydrogens (tertiary/aromatic N) is 2. The van der Waals surface area contributed by atoms with Crippen LogP contribution in [-0.2, 0) is 11.3 Å². The first-order chi connectivity index (χ1) is 12.8. The van der Waals surface area contributed by atoms with Gasteiger partial charge in [-0.3, -0.25) is 4.98 Å². The van der Waals surface area contributed by atoms with E-state index in [1.807, 2.05) is 30.6 Å². The number of hydrogen-bond donors (Lipinski definition) is 0. The molecule has 0 amide bonds. The second kappa shape index (κ2) is 17.1. The van der Waals surface area contributed by atoms with Gasteiger partial charge >= 0.3 is 0 Å². The summed E-state index contributed by atoms with van der Waals surface area (Å²) in [7, 11) is 3.70. The largest absolute Gasteiger partial charge is 0.303 e. The zero-order valence-corrected chi connectivity index (χ0v) is 17.0. The van der Waals surface area contributed by atoms with Crippen LogP contribution < -0.4 is 0 Å². The molecule has 0 spiro atoms. The van der Waals surface area contributed by atoms with Gasteiger partial charge in [0.1, 0.15) is 0 Å². The van der Waals surface area contributed by atoms with E-state index in [1.54, 1.807) is 7.11 Å². The highest BCUT2D eigenvalue weighted by molar-refractivity contribution is 5.08. The SMILES string of the molecule is CON(C)CCCCCCC#CCCCCCCCCc1cccnc1. The molecule has 3 heteroatoms. The summed E-state index contributed by atoms with van der Waals surface area (Å²) in [6, 6.07) is 4.20. The van der Waals surface area contributed by atoms with E-state index in [0.29, 0.717) is 0 Å². The summed E-state index contributed by atoms with van der Waals surface area (Å²) < 4.78 is 0. The first-order valence-electron chi connectivity index (χ1n) is 10.4. The van der Waals surface area contributed by atoms with Crippen LogP contribution in [0, 0.1) is 11.8 Å². The Kier molecular flexibility index (Phi) is 14.9. The van der Waals surface area contributed by atoms with Gasteiger partial charge < -0.3 is 4.84 Å². The third-order valence-electron chi connectivity index (χ3n) is 4.70. The summed E-state index contributed by atoms with van der Waals surface area (Å²) in [5.41, 5.74) is 1.37. The molecule has 0 atom stereocenters. The predicted octanol–water partition coefficient (Wildman–Crippen LogP) is 5.80. The minimum absolute atomic E-state index is 1.02. The molecule has 0 saturated heterocycles. The third-order valence-corrected chi connectivity index (χ3v) is 4.70. The Morgan fingerprint density at radius 2 is 1.50 bits per heavy atom. The van der Waals surface area contributed by atoms with Crippen molar-refractivity contribution < 1.29 is 4.84 Å². The normalized spacial score (nSPS) is 10.7. The molecule has 0 radical (unpaired) electrons. The van der Waals surface area contributed by atoms with Crippen LogP contribution in [-0.4, -0.2) is 30.7 Å². The zero-order valence-electron chi connectivity index (χ0n) is 17.0. The van der Waals surface area contributed by atoms with Gasteiger partial charge in [0.05, 0.1) is 7.11 Å². The van der Waals surface area contributed by atoms with Gasteiger partial charge in [0.15, 0.2) is 0 Å². The van der Waals surface area contributed by atoms with Crippen molar-refractivity contribution in [1.29, 1.82) is 0 Å². The molecule has 0 unspecified atom stereocenters. The monoisotopic (exact) mass is 358 g/mol. The molecule has 1 aromatic rings. The minimum atomic E-state index is 1.02. The Labute approximate surface area is 161 Å². The van der Waals surface area contributed by atoms with E-state index >= 15 is 0 Å². The molecule has 0 aliphatic rings. The fourth-order valence-electron chi connectivity index (χ4n) is 2.97. The first-order valence-corrected chi connectivity index (χ1v) is 10.4. The van der Waals surface area contributed by atoms with Crippen molar-refractivity contribution in [3.8, 4) is 11.8 Å². The predicted molar refractivity (Wildman–Crippen MR) is 111 cm³/mol. The molecule has 0 fully saturated rings. The Bertz CT molecular complexity index is 478. The van der Waals surface area contributed by atoms with E-state index in [4.69, 9.17) is 4.84 Å². The van der Waals surface area contributed by atoms with Crippen LogP contribution in [0.3, 0.4) is 0 Å². The van der Waals surface area contributed by atoms with Gasteiger partial charge in [-0.05, 0) is 43.7 Å². The van der Waals surface area contributed by atoms with E-state index in [9.17, 15) is 0 Å². The lowest BCUT2D eigenvalue weighted by Gasteiger charge is -2.12. The van der Waals surface area contributed by atoms with Crippen LogP contribution in [0.4, 0.5) is 0 Å². The van der Waals surface area contributed by atoms with Crippen molar-refractivity contribution in [2.45, 2.75) is 83.5 Å². The van der Waals surface area contributed by atoms with Crippen molar-refractivity contribution in [1.82, 2.24) is 10.0 Å². The molecule has 0 saturated carbocycles. The smallest absolute Gasteiger partial charge is 0.0575 e. The van der Waals surface area contributed by atoms with Crippen LogP contribution >= 0.6 is 0 Å². The van der Waals surface area contributed by atoms with Gasteiger partial charge in [-0.15, -0.1) is 11.8 Å². The van der Waals surface area contributed by atoms with Gasteiger partial charge in [0.25, 0.3) is 0 Å². The molecule has 1 heterocycles. The Morgan fingerprint density at radius 1 is 0.885 bits per heavy atom. The fraction of sp³-hybridized carbons (Fsp3) is 0.696. The summed E-state index contributed by atoms with van der Waals surface area (Å²) in [5.74, 6) is 6.68. The maximum atomic E-state index is 5.10. The summed E-state index contributed by atoms with van der Waals surface area (Å²) in [5, 5.41) is 1.89. The molecule has 3 nitrogen and oxygen atoms in total. The average molecular weight is 359 g/mol. The number of aromatic nitrogens is 1. The van der Waals surface area contributed by atoms with Crippen LogP contribution in [0.1, 0.15) is 82.6 Å². The minimum Gasteiger partial charge on any atom is -0.303 e. The molecular formula is C23H38N2O. The maximum absolute atomic E-state index is 5.10. The summed E-state index contributed by atoms with van der Waals surface area (Å²) in [6.07, 6.45) is 20.1. The lowest BCUT2D eigenvalue weighted by atomic mass is 10.1. The van der Waals surface area contributed by atoms with Gasteiger partial charge in [0.2, 0.25) is 0 Å². The highest BCUT2D eigenvalue weighted by atomic mass is 16.7. The van der Waals surface area contributed by atoms with E-state index in [-0.39, 0.29) is 0 Å². The summed E-state index contributed by atoms with van der Waals surface area (Å²) in [4.78, 5) is 9.26. The van der Waals surface area contributed by atoms with Crippen molar-refractivity contribution in [3.05, 3.63) is 30.1 Å². The van der Waals surface area contributed by atoms with E-state index in [1.165, 1.54) is 76.2 Å². The molecule has 0 aliphatic carbocycles. The Balaban J connectivity index is 1.78.